The standard InChI is InChI=1S/C20H15NO2S/c1-23-24(22)19-13-7-5-11-17(19)20-16-10-3-2-8-14(16)15-9-4-6-12-18(15)21-20/h2-13H,1H3. The average Bonchev–Trinajstić information content (AvgIpc) is 2.67. The molecular formula is C20H15NO2S. The summed E-state index contributed by atoms with van der Waals surface area (Å²) >= 11 is -1.52. The maximum atomic E-state index is 12.3. The second kappa shape index (κ2) is 6.15. The molecule has 1 unspecified atom stereocenters. The van der Waals surface area contributed by atoms with E-state index in [0.717, 1.165) is 32.9 Å². The molecule has 1 atom stereocenters. The number of pyridine rings is 1. The minimum Gasteiger partial charge on any atom is -0.290 e. The molecule has 4 heteroatoms. The van der Waals surface area contributed by atoms with Gasteiger partial charge in [-0.3, -0.25) is 4.18 Å². The number of nitrogens with zero attached hydrogens (tertiary/aromatic N) is 1. The summed E-state index contributed by atoms with van der Waals surface area (Å²) in [6.45, 7) is 0. The molecule has 0 saturated heterocycles. The van der Waals surface area contributed by atoms with Crippen molar-refractivity contribution in [2.75, 3.05) is 7.11 Å². The van der Waals surface area contributed by atoms with Crippen molar-refractivity contribution in [2.24, 2.45) is 0 Å². The third-order valence-corrected chi connectivity index (χ3v) is 5.10. The lowest BCUT2D eigenvalue weighted by Gasteiger charge is -2.12. The number of rotatable bonds is 3. The number of para-hydroxylation sites is 1. The highest BCUT2D eigenvalue weighted by molar-refractivity contribution is 7.80. The number of hydrogen-bond acceptors (Lipinski definition) is 3. The second-order valence-corrected chi connectivity index (χ2v) is 6.66. The number of fused-ring (bicyclic) bond motifs is 3. The Morgan fingerprint density at radius 3 is 2.21 bits per heavy atom. The number of hydrogen-bond donors (Lipinski definition) is 0. The van der Waals surface area contributed by atoms with Crippen molar-refractivity contribution >= 4 is 32.8 Å². The molecule has 0 amide bonds. The molecule has 0 N–H and O–H groups in total. The molecule has 0 spiro atoms. The van der Waals surface area contributed by atoms with Crippen LogP contribution >= 0.6 is 0 Å². The second-order valence-electron chi connectivity index (χ2n) is 5.42. The third kappa shape index (κ3) is 2.40. The van der Waals surface area contributed by atoms with Gasteiger partial charge in [0, 0.05) is 16.3 Å². The molecule has 0 bridgehead atoms. The first-order valence-corrected chi connectivity index (χ1v) is 8.70. The highest BCUT2D eigenvalue weighted by Crippen LogP contribution is 2.34. The van der Waals surface area contributed by atoms with E-state index in [1.165, 1.54) is 7.11 Å². The quantitative estimate of drug-likeness (QED) is 0.509. The lowest BCUT2D eigenvalue weighted by atomic mass is 10.00. The van der Waals surface area contributed by atoms with Gasteiger partial charge in [-0.2, -0.15) is 0 Å². The molecule has 3 nitrogen and oxygen atoms in total. The van der Waals surface area contributed by atoms with Crippen LogP contribution in [0.25, 0.3) is 32.9 Å². The lowest BCUT2D eigenvalue weighted by molar-refractivity contribution is 0.446. The monoisotopic (exact) mass is 333 g/mol. The molecule has 0 saturated carbocycles. The van der Waals surface area contributed by atoms with Crippen LogP contribution in [0.4, 0.5) is 0 Å². The van der Waals surface area contributed by atoms with Gasteiger partial charge in [-0.25, -0.2) is 9.19 Å². The highest BCUT2D eigenvalue weighted by atomic mass is 32.2. The van der Waals surface area contributed by atoms with Crippen LogP contribution in [0.5, 0.6) is 0 Å². The Hall–Kier alpha value is -2.56. The van der Waals surface area contributed by atoms with E-state index in [1.807, 2.05) is 54.6 Å². The molecule has 0 aliphatic heterocycles. The van der Waals surface area contributed by atoms with Gasteiger partial charge in [-0.15, -0.1) is 0 Å². The van der Waals surface area contributed by atoms with Crippen molar-refractivity contribution in [3.8, 4) is 11.3 Å². The van der Waals surface area contributed by atoms with E-state index in [9.17, 15) is 4.21 Å². The van der Waals surface area contributed by atoms with Crippen LogP contribution in [0.2, 0.25) is 0 Å². The Morgan fingerprint density at radius 1 is 0.792 bits per heavy atom. The van der Waals surface area contributed by atoms with Gasteiger partial charge in [0.15, 0.2) is 11.1 Å². The number of aromatic nitrogens is 1. The first kappa shape index (κ1) is 15.0. The summed E-state index contributed by atoms with van der Waals surface area (Å²) in [5, 5.41) is 3.29. The molecule has 0 radical (unpaired) electrons. The number of benzene rings is 3. The molecule has 3 aromatic carbocycles. The first-order chi connectivity index (χ1) is 11.8. The predicted octanol–water partition coefficient (Wildman–Crippen LogP) is 4.72. The molecule has 4 rings (SSSR count). The zero-order valence-electron chi connectivity index (χ0n) is 13.1. The lowest BCUT2D eigenvalue weighted by Crippen LogP contribution is -1.98. The third-order valence-electron chi connectivity index (χ3n) is 4.08. The summed E-state index contributed by atoms with van der Waals surface area (Å²) in [6, 6.07) is 23.8. The van der Waals surface area contributed by atoms with Crippen LogP contribution in [0, 0.1) is 0 Å². The Bertz CT molecular complexity index is 1080. The topological polar surface area (TPSA) is 39.2 Å². The van der Waals surface area contributed by atoms with E-state index in [-0.39, 0.29) is 0 Å². The predicted molar refractivity (Wildman–Crippen MR) is 98.1 cm³/mol. The van der Waals surface area contributed by atoms with Crippen LogP contribution < -0.4 is 0 Å². The summed E-state index contributed by atoms with van der Waals surface area (Å²) in [5.41, 5.74) is 2.58. The van der Waals surface area contributed by atoms with Crippen molar-refractivity contribution in [1.82, 2.24) is 4.98 Å². The van der Waals surface area contributed by atoms with E-state index in [4.69, 9.17) is 9.17 Å². The van der Waals surface area contributed by atoms with E-state index in [0.29, 0.717) is 4.90 Å². The first-order valence-electron chi connectivity index (χ1n) is 7.62. The molecule has 0 aliphatic rings. The Morgan fingerprint density at radius 2 is 1.42 bits per heavy atom. The van der Waals surface area contributed by atoms with Gasteiger partial charge in [-0.1, -0.05) is 60.7 Å². The minimum absolute atomic E-state index is 0.632. The molecule has 1 heterocycles. The van der Waals surface area contributed by atoms with Crippen molar-refractivity contribution in [3.63, 3.8) is 0 Å². The SMILES string of the molecule is COS(=O)c1ccccc1-c1nc2ccccc2c2ccccc12. The molecule has 1 aromatic heterocycles. The fourth-order valence-electron chi connectivity index (χ4n) is 3.01. The summed E-state index contributed by atoms with van der Waals surface area (Å²) in [7, 11) is 1.44. The molecule has 0 aliphatic carbocycles. The maximum Gasteiger partial charge on any atom is 0.189 e. The van der Waals surface area contributed by atoms with Gasteiger partial charge in [0.05, 0.1) is 23.2 Å². The van der Waals surface area contributed by atoms with Crippen LogP contribution in [0.3, 0.4) is 0 Å². The van der Waals surface area contributed by atoms with Gasteiger partial charge >= 0.3 is 0 Å². The van der Waals surface area contributed by atoms with E-state index >= 15 is 0 Å². The van der Waals surface area contributed by atoms with Crippen molar-refractivity contribution < 1.29 is 8.39 Å². The molecule has 4 aromatic rings. The Kier molecular flexibility index (Phi) is 3.84. The van der Waals surface area contributed by atoms with Crippen LogP contribution in [-0.4, -0.2) is 16.3 Å². The van der Waals surface area contributed by atoms with Crippen LogP contribution in [-0.2, 0) is 15.3 Å². The van der Waals surface area contributed by atoms with Crippen molar-refractivity contribution in [2.45, 2.75) is 4.90 Å². The van der Waals surface area contributed by atoms with E-state index in [2.05, 4.69) is 18.2 Å². The van der Waals surface area contributed by atoms with Gasteiger partial charge in [0.2, 0.25) is 0 Å². The smallest absolute Gasteiger partial charge is 0.189 e. The Labute approximate surface area is 142 Å². The minimum atomic E-state index is -1.52. The summed E-state index contributed by atoms with van der Waals surface area (Å²) in [5.74, 6) is 0. The summed E-state index contributed by atoms with van der Waals surface area (Å²) in [4.78, 5) is 5.49. The van der Waals surface area contributed by atoms with Gasteiger partial charge in [0.1, 0.15) is 0 Å². The molecule has 24 heavy (non-hydrogen) atoms. The van der Waals surface area contributed by atoms with Crippen molar-refractivity contribution in [1.29, 1.82) is 0 Å². The molecule has 118 valence electrons. The van der Waals surface area contributed by atoms with E-state index < -0.39 is 11.1 Å². The van der Waals surface area contributed by atoms with Crippen LogP contribution in [0.15, 0.2) is 77.7 Å². The molecule has 0 fully saturated rings. The van der Waals surface area contributed by atoms with Crippen LogP contribution in [0.1, 0.15) is 0 Å². The zero-order chi connectivity index (χ0) is 16.5. The Balaban J connectivity index is 2.12. The summed E-state index contributed by atoms with van der Waals surface area (Å²) < 4.78 is 17.3. The van der Waals surface area contributed by atoms with Crippen molar-refractivity contribution in [3.05, 3.63) is 72.8 Å². The summed E-state index contributed by atoms with van der Waals surface area (Å²) in [6.07, 6.45) is 0. The van der Waals surface area contributed by atoms with E-state index in [1.54, 1.807) is 0 Å². The highest BCUT2D eigenvalue weighted by Gasteiger charge is 2.16. The fraction of sp³-hybridized carbons (Fsp3) is 0.0500. The largest absolute Gasteiger partial charge is 0.290 e. The van der Waals surface area contributed by atoms with Gasteiger partial charge < -0.3 is 0 Å². The van der Waals surface area contributed by atoms with Gasteiger partial charge in [-0.05, 0) is 17.5 Å². The normalized spacial score (nSPS) is 12.5. The van der Waals surface area contributed by atoms with Gasteiger partial charge in [0.25, 0.3) is 0 Å². The average molecular weight is 333 g/mol. The fourth-order valence-corrected chi connectivity index (χ4v) is 3.72. The molecular weight excluding hydrogens is 318 g/mol. The zero-order valence-corrected chi connectivity index (χ0v) is 13.9. The maximum absolute atomic E-state index is 12.3.